The summed E-state index contributed by atoms with van der Waals surface area (Å²) >= 11 is 0. The Labute approximate surface area is 117 Å². The predicted molar refractivity (Wildman–Crippen MR) is 81.6 cm³/mol. The van der Waals surface area contributed by atoms with Crippen molar-refractivity contribution in [3.63, 3.8) is 0 Å². The van der Waals surface area contributed by atoms with Crippen molar-refractivity contribution >= 4 is 5.82 Å². The van der Waals surface area contributed by atoms with E-state index in [1.807, 2.05) is 6.20 Å². The van der Waals surface area contributed by atoms with Crippen molar-refractivity contribution in [3.05, 3.63) is 23.9 Å². The number of aromatic nitrogens is 1. The Balaban J connectivity index is 1.84. The van der Waals surface area contributed by atoms with Crippen molar-refractivity contribution in [1.82, 2.24) is 10.3 Å². The molecule has 2 rings (SSSR count). The molecule has 0 amide bonds. The van der Waals surface area contributed by atoms with Gasteiger partial charge in [0.15, 0.2) is 0 Å². The van der Waals surface area contributed by atoms with Gasteiger partial charge in [0.1, 0.15) is 5.82 Å². The Bertz CT molecular complexity index is 372. The minimum Gasteiger partial charge on any atom is -0.356 e. The molecule has 0 saturated carbocycles. The molecule has 2 heterocycles. The maximum atomic E-state index is 4.55. The first kappa shape index (κ1) is 14.3. The van der Waals surface area contributed by atoms with Crippen molar-refractivity contribution < 1.29 is 0 Å². The van der Waals surface area contributed by atoms with Crippen LogP contribution in [-0.2, 0) is 0 Å². The van der Waals surface area contributed by atoms with E-state index in [0.29, 0.717) is 0 Å². The minimum atomic E-state index is 0.735. The van der Waals surface area contributed by atoms with Crippen LogP contribution in [0.1, 0.15) is 32.3 Å². The van der Waals surface area contributed by atoms with Gasteiger partial charge in [0.25, 0.3) is 0 Å². The lowest BCUT2D eigenvalue weighted by Gasteiger charge is -2.34. The molecular formula is C16H27N3. The van der Waals surface area contributed by atoms with Gasteiger partial charge in [-0.15, -0.1) is 0 Å². The fraction of sp³-hybridized carbons (Fsp3) is 0.688. The average Bonchev–Trinajstić information content (AvgIpc) is 2.39. The Kier molecular flexibility index (Phi) is 5.20. The molecule has 106 valence electrons. The van der Waals surface area contributed by atoms with E-state index >= 15 is 0 Å². The van der Waals surface area contributed by atoms with Crippen LogP contribution in [0.15, 0.2) is 18.3 Å². The Morgan fingerprint density at radius 3 is 2.95 bits per heavy atom. The lowest BCUT2D eigenvalue weighted by atomic mass is 9.97. The zero-order valence-electron chi connectivity index (χ0n) is 12.5. The molecule has 0 bridgehead atoms. The van der Waals surface area contributed by atoms with Gasteiger partial charge in [-0.25, -0.2) is 4.98 Å². The maximum absolute atomic E-state index is 4.55. The van der Waals surface area contributed by atoms with E-state index in [0.717, 1.165) is 43.8 Å². The van der Waals surface area contributed by atoms with E-state index < -0.39 is 0 Å². The van der Waals surface area contributed by atoms with Gasteiger partial charge < -0.3 is 10.2 Å². The molecular weight excluding hydrogens is 234 g/mol. The second kappa shape index (κ2) is 6.90. The first-order chi connectivity index (χ1) is 9.15. The molecule has 1 atom stereocenters. The molecule has 0 aliphatic carbocycles. The van der Waals surface area contributed by atoms with Crippen LogP contribution in [-0.4, -0.2) is 31.2 Å². The molecule has 1 aromatic rings. The lowest BCUT2D eigenvalue weighted by Crippen LogP contribution is -2.40. The molecule has 19 heavy (non-hydrogen) atoms. The normalized spacial score (nSPS) is 20.0. The van der Waals surface area contributed by atoms with Crippen molar-refractivity contribution in [2.45, 2.75) is 33.6 Å². The number of piperidine rings is 1. The molecule has 1 aromatic heterocycles. The van der Waals surface area contributed by atoms with Crippen LogP contribution in [0.3, 0.4) is 0 Å². The summed E-state index contributed by atoms with van der Waals surface area (Å²) in [5.41, 5.74) is 1.23. The number of nitrogens with zero attached hydrogens (tertiary/aromatic N) is 2. The quantitative estimate of drug-likeness (QED) is 0.883. The fourth-order valence-corrected chi connectivity index (χ4v) is 2.66. The summed E-state index contributed by atoms with van der Waals surface area (Å²) in [7, 11) is 0. The largest absolute Gasteiger partial charge is 0.356 e. The number of rotatable bonds is 5. The van der Waals surface area contributed by atoms with Crippen LogP contribution in [0, 0.1) is 18.8 Å². The molecule has 0 aromatic carbocycles. The molecule has 3 nitrogen and oxygen atoms in total. The van der Waals surface area contributed by atoms with Crippen molar-refractivity contribution in [2.75, 3.05) is 31.1 Å². The second-order valence-corrected chi connectivity index (χ2v) is 6.20. The molecule has 1 N–H and O–H groups in total. The van der Waals surface area contributed by atoms with Gasteiger partial charge in [-0.05, 0) is 56.3 Å². The molecule has 0 spiro atoms. The standard InChI is InChI=1S/C16H27N3/c1-13(2)9-17-11-15-5-4-8-19(12-15)16-7-6-14(3)10-18-16/h6-7,10,13,15,17H,4-5,8-9,11-12H2,1-3H3. The molecule has 3 heteroatoms. The van der Waals surface area contributed by atoms with Crippen LogP contribution < -0.4 is 10.2 Å². The molecule has 1 aliphatic heterocycles. The third-order valence-corrected chi connectivity index (χ3v) is 3.72. The number of hydrogen-bond donors (Lipinski definition) is 1. The van der Waals surface area contributed by atoms with Crippen LogP contribution >= 0.6 is 0 Å². The van der Waals surface area contributed by atoms with E-state index in [1.54, 1.807) is 0 Å². The first-order valence-corrected chi connectivity index (χ1v) is 7.53. The van der Waals surface area contributed by atoms with E-state index in [-0.39, 0.29) is 0 Å². The molecule has 0 radical (unpaired) electrons. The Hall–Kier alpha value is -1.09. The van der Waals surface area contributed by atoms with Gasteiger partial charge in [0.2, 0.25) is 0 Å². The average molecular weight is 261 g/mol. The number of aryl methyl sites for hydroxylation is 1. The Morgan fingerprint density at radius 1 is 1.42 bits per heavy atom. The van der Waals surface area contributed by atoms with Crippen LogP contribution in [0.25, 0.3) is 0 Å². The molecule has 1 aliphatic rings. The van der Waals surface area contributed by atoms with Crippen molar-refractivity contribution in [1.29, 1.82) is 0 Å². The summed E-state index contributed by atoms with van der Waals surface area (Å²) in [4.78, 5) is 6.99. The molecule has 1 unspecified atom stereocenters. The number of pyridine rings is 1. The van der Waals surface area contributed by atoms with E-state index in [9.17, 15) is 0 Å². The third kappa shape index (κ3) is 4.50. The summed E-state index contributed by atoms with van der Waals surface area (Å²) in [6.07, 6.45) is 4.59. The first-order valence-electron chi connectivity index (χ1n) is 7.53. The minimum absolute atomic E-state index is 0.735. The zero-order valence-corrected chi connectivity index (χ0v) is 12.5. The van der Waals surface area contributed by atoms with Crippen LogP contribution in [0.2, 0.25) is 0 Å². The van der Waals surface area contributed by atoms with Crippen LogP contribution in [0.5, 0.6) is 0 Å². The van der Waals surface area contributed by atoms with Gasteiger partial charge in [0, 0.05) is 19.3 Å². The fourth-order valence-electron chi connectivity index (χ4n) is 2.66. The van der Waals surface area contributed by atoms with Gasteiger partial charge in [-0.2, -0.15) is 0 Å². The molecule has 1 saturated heterocycles. The maximum Gasteiger partial charge on any atom is 0.128 e. The van der Waals surface area contributed by atoms with Crippen molar-refractivity contribution in [2.24, 2.45) is 11.8 Å². The number of hydrogen-bond acceptors (Lipinski definition) is 3. The van der Waals surface area contributed by atoms with Crippen LogP contribution in [0.4, 0.5) is 5.82 Å². The van der Waals surface area contributed by atoms with E-state index in [4.69, 9.17) is 0 Å². The van der Waals surface area contributed by atoms with Gasteiger partial charge in [0.05, 0.1) is 0 Å². The predicted octanol–water partition coefficient (Wildman–Crippen LogP) is 2.85. The molecule has 1 fully saturated rings. The summed E-state index contributed by atoms with van der Waals surface area (Å²) in [5.74, 6) is 2.63. The number of nitrogens with one attached hydrogen (secondary N) is 1. The third-order valence-electron chi connectivity index (χ3n) is 3.72. The van der Waals surface area contributed by atoms with E-state index in [1.165, 1.54) is 18.4 Å². The highest BCUT2D eigenvalue weighted by Gasteiger charge is 2.20. The highest BCUT2D eigenvalue weighted by molar-refractivity contribution is 5.39. The highest BCUT2D eigenvalue weighted by atomic mass is 15.2. The SMILES string of the molecule is Cc1ccc(N2CCCC(CNCC(C)C)C2)nc1. The lowest BCUT2D eigenvalue weighted by molar-refractivity contribution is 0.381. The summed E-state index contributed by atoms with van der Waals surface area (Å²) < 4.78 is 0. The van der Waals surface area contributed by atoms with Gasteiger partial charge >= 0.3 is 0 Å². The summed E-state index contributed by atoms with van der Waals surface area (Å²) in [6, 6.07) is 4.31. The topological polar surface area (TPSA) is 28.2 Å². The summed E-state index contributed by atoms with van der Waals surface area (Å²) in [5, 5.41) is 3.59. The summed E-state index contributed by atoms with van der Waals surface area (Å²) in [6.45, 7) is 11.2. The monoisotopic (exact) mass is 261 g/mol. The Morgan fingerprint density at radius 2 is 2.26 bits per heavy atom. The highest BCUT2D eigenvalue weighted by Crippen LogP contribution is 2.21. The smallest absolute Gasteiger partial charge is 0.128 e. The zero-order chi connectivity index (χ0) is 13.7. The van der Waals surface area contributed by atoms with E-state index in [2.05, 4.69) is 48.1 Å². The van der Waals surface area contributed by atoms with Crippen molar-refractivity contribution in [3.8, 4) is 0 Å². The number of anilines is 1. The van der Waals surface area contributed by atoms with Gasteiger partial charge in [-0.1, -0.05) is 19.9 Å². The van der Waals surface area contributed by atoms with Gasteiger partial charge in [-0.3, -0.25) is 0 Å². The second-order valence-electron chi connectivity index (χ2n) is 6.20.